The van der Waals surface area contributed by atoms with E-state index in [0.29, 0.717) is 0 Å². The molecule has 2 nitrogen and oxygen atoms in total. The first-order valence-corrected chi connectivity index (χ1v) is 16.5. The Morgan fingerprint density at radius 1 is 0.568 bits per heavy atom. The van der Waals surface area contributed by atoms with Crippen molar-refractivity contribution in [2.75, 3.05) is 11.4 Å². The van der Waals surface area contributed by atoms with Gasteiger partial charge in [-0.1, -0.05) is 0 Å². The van der Waals surface area contributed by atoms with Crippen LogP contribution in [0.15, 0.2) is 115 Å². The summed E-state index contributed by atoms with van der Waals surface area (Å²) in [6, 6.07) is 40.8. The molecule has 0 saturated heterocycles. The van der Waals surface area contributed by atoms with Gasteiger partial charge in [0.2, 0.25) is 0 Å². The van der Waals surface area contributed by atoms with E-state index in [1.807, 2.05) is 18.2 Å². The molecule has 1 aliphatic carbocycles. The van der Waals surface area contributed by atoms with Crippen LogP contribution in [0.3, 0.4) is 0 Å². The normalized spacial score (nSPS) is 14.3. The van der Waals surface area contributed by atoms with Crippen LogP contribution >= 0.6 is 0 Å². The molecule has 1 atom stereocenters. The molecule has 178 valence electrons. The van der Waals surface area contributed by atoms with Crippen molar-refractivity contribution in [3.63, 3.8) is 0 Å². The zero-order valence-electron chi connectivity index (χ0n) is 20.7. The molecule has 7 rings (SSSR count). The zero-order valence-corrected chi connectivity index (χ0v) is 22.6. The summed E-state index contributed by atoms with van der Waals surface area (Å²) >= 11 is -1.70. The van der Waals surface area contributed by atoms with E-state index in [1.165, 1.54) is 31.2 Å². The van der Waals surface area contributed by atoms with E-state index >= 15 is 0 Å². The second-order valence-corrected chi connectivity index (χ2v) is 14.1. The van der Waals surface area contributed by atoms with E-state index < -0.39 is 14.7 Å². The van der Waals surface area contributed by atoms with E-state index in [4.69, 9.17) is 0 Å². The van der Waals surface area contributed by atoms with Crippen LogP contribution in [0.2, 0.25) is 5.71 Å². The first-order valence-electron chi connectivity index (χ1n) is 12.8. The van der Waals surface area contributed by atoms with Gasteiger partial charge in [0, 0.05) is 0 Å². The fourth-order valence-electron chi connectivity index (χ4n) is 5.98. The van der Waals surface area contributed by atoms with Crippen LogP contribution in [0.1, 0.15) is 21.5 Å². The first kappa shape index (κ1) is 22.3. The molecule has 2 aliphatic rings. The standard InChI is InChI=1S/C34H26AsNO/c1-35(30-18-7-9-20-32(30)36-22-21-23-11-2-8-19-31(23)36)29-17-6-5-13-25(29)27-16-10-15-26-24-12-3-4-14-28(24)34(37)33(26)27/h2-20H,21-22H2,1H3. The van der Waals surface area contributed by atoms with Gasteiger partial charge >= 0.3 is 223 Å². The van der Waals surface area contributed by atoms with Crippen LogP contribution in [-0.2, 0) is 6.42 Å². The van der Waals surface area contributed by atoms with Crippen molar-refractivity contribution in [2.24, 2.45) is 0 Å². The number of hydrogen-bond acceptors (Lipinski definition) is 2. The van der Waals surface area contributed by atoms with Crippen LogP contribution in [0, 0.1) is 0 Å². The van der Waals surface area contributed by atoms with Crippen LogP contribution in [0.4, 0.5) is 11.4 Å². The van der Waals surface area contributed by atoms with Gasteiger partial charge in [-0.3, -0.25) is 0 Å². The molecule has 1 heterocycles. The molecular formula is C34H26AsNO. The number of para-hydroxylation sites is 2. The number of ketones is 1. The Morgan fingerprint density at radius 3 is 1.95 bits per heavy atom. The number of carbonyl (C=O) groups excluding carboxylic acids is 1. The quantitative estimate of drug-likeness (QED) is 0.239. The van der Waals surface area contributed by atoms with E-state index in [1.54, 1.807) is 0 Å². The number of carbonyl (C=O) groups is 1. The van der Waals surface area contributed by atoms with E-state index in [2.05, 4.69) is 108 Å². The second-order valence-electron chi connectivity index (χ2n) is 9.70. The molecule has 0 N–H and O–H groups in total. The number of benzene rings is 5. The summed E-state index contributed by atoms with van der Waals surface area (Å²) in [4.78, 5) is 16.1. The molecule has 1 aliphatic heterocycles. The van der Waals surface area contributed by atoms with Crippen molar-refractivity contribution in [1.82, 2.24) is 0 Å². The van der Waals surface area contributed by atoms with Gasteiger partial charge in [-0.2, -0.15) is 0 Å². The minimum absolute atomic E-state index is 0.139. The average molecular weight is 540 g/mol. The first-order chi connectivity index (χ1) is 18.2. The van der Waals surface area contributed by atoms with Crippen LogP contribution in [-0.4, -0.2) is 27.0 Å². The van der Waals surface area contributed by atoms with Crippen molar-refractivity contribution in [1.29, 1.82) is 0 Å². The Hall–Kier alpha value is -3.87. The number of anilines is 2. The Morgan fingerprint density at radius 2 is 1.14 bits per heavy atom. The van der Waals surface area contributed by atoms with Crippen molar-refractivity contribution < 1.29 is 4.79 Å². The number of fused-ring (bicyclic) bond motifs is 4. The molecule has 0 saturated carbocycles. The number of hydrogen-bond donors (Lipinski definition) is 0. The molecule has 5 aromatic rings. The Labute approximate surface area is 222 Å². The van der Waals surface area contributed by atoms with Gasteiger partial charge in [0.05, 0.1) is 0 Å². The molecule has 5 aromatic carbocycles. The topological polar surface area (TPSA) is 20.3 Å². The third-order valence-electron chi connectivity index (χ3n) is 7.73. The SMILES string of the molecule is C[As](c1ccccc1-c1cccc2c1C(=O)c1ccccc1-2)c1ccccc1N1CCc2ccccc21. The zero-order chi connectivity index (χ0) is 24.9. The van der Waals surface area contributed by atoms with Gasteiger partial charge in [0.15, 0.2) is 0 Å². The summed E-state index contributed by atoms with van der Waals surface area (Å²) in [5.74, 6) is 0.139. The van der Waals surface area contributed by atoms with Crippen molar-refractivity contribution >= 4 is 40.5 Å². The third kappa shape index (κ3) is 3.51. The molecule has 0 fully saturated rings. The summed E-state index contributed by atoms with van der Waals surface area (Å²) in [5, 5.41) is 0. The van der Waals surface area contributed by atoms with Crippen LogP contribution < -0.4 is 13.6 Å². The molecule has 1 unspecified atom stereocenters. The van der Waals surface area contributed by atoms with Crippen molar-refractivity contribution in [3.8, 4) is 22.3 Å². The molecule has 0 aromatic heterocycles. The second kappa shape index (κ2) is 8.90. The molecule has 37 heavy (non-hydrogen) atoms. The molecule has 0 radical (unpaired) electrons. The predicted molar refractivity (Wildman–Crippen MR) is 155 cm³/mol. The molecule has 3 heteroatoms. The fourth-order valence-corrected chi connectivity index (χ4v) is 10.1. The van der Waals surface area contributed by atoms with Gasteiger partial charge < -0.3 is 0 Å². The molecule has 0 amide bonds. The maximum absolute atomic E-state index is 13.6. The minimum atomic E-state index is -1.70. The fraction of sp³-hybridized carbons (Fsp3) is 0.0882. The predicted octanol–water partition coefficient (Wildman–Crippen LogP) is 6.50. The van der Waals surface area contributed by atoms with Gasteiger partial charge in [-0.05, 0) is 0 Å². The van der Waals surface area contributed by atoms with Crippen molar-refractivity contribution in [2.45, 2.75) is 12.1 Å². The number of nitrogens with zero attached hydrogens (tertiary/aromatic N) is 1. The van der Waals surface area contributed by atoms with E-state index in [-0.39, 0.29) is 5.78 Å². The van der Waals surface area contributed by atoms with Gasteiger partial charge in [0.1, 0.15) is 0 Å². The molecule has 0 spiro atoms. The molecular weight excluding hydrogens is 513 g/mol. The van der Waals surface area contributed by atoms with Gasteiger partial charge in [-0.15, -0.1) is 0 Å². The Kier molecular flexibility index (Phi) is 5.38. The Balaban J connectivity index is 1.35. The summed E-state index contributed by atoms with van der Waals surface area (Å²) in [5.41, 5.74) is 12.5. The summed E-state index contributed by atoms with van der Waals surface area (Å²) in [6.07, 6.45) is 1.08. The van der Waals surface area contributed by atoms with Gasteiger partial charge in [-0.25, -0.2) is 0 Å². The molecule has 0 bridgehead atoms. The van der Waals surface area contributed by atoms with Crippen molar-refractivity contribution in [3.05, 3.63) is 132 Å². The third-order valence-corrected chi connectivity index (χ3v) is 12.4. The summed E-state index contributed by atoms with van der Waals surface area (Å²) in [7, 11) is 0. The maximum atomic E-state index is 13.6. The average Bonchev–Trinajstić information content (AvgIpc) is 3.52. The Bertz CT molecular complexity index is 1690. The summed E-state index contributed by atoms with van der Waals surface area (Å²) < 4.78 is 2.83. The van der Waals surface area contributed by atoms with E-state index in [9.17, 15) is 4.79 Å². The van der Waals surface area contributed by atoms with Crippen LogP contribution in [0.5, 0.6) is 0 Å². The number of rotatable bonds is 4. The van der Waals surface area contributed by atoms with Gasteiger partial charge in [0.25, 0.3) is 0 Å². The van der Waals surface area contributed by atoms with E-state index in [0.717, 1.165) is 40.8 Å². The van der Waals surface area contributed by atoms with Crippen LogP contribution in [0.25, 0.3) is 22.3 Å². The monoisotopic (exact) mass is 539 g/mol. The summed E-state index contributed by atoms with van der Waals surface area (Å²) in [6.45, 7) is 1.01.